The lowest BCUT2D eigenvalue weighted by atomic mass is 10.1. The smallest absolute Gasteiger partial charge is 0.270 e. The molecule has 2 heterocycles. The summed E-state index contributed by atoms with van der Waals surface area (Å²) >= 11 is 1.50. The molecule has 3 rings (SSSR count). The average Bonchev–Trinajstić information content (AvgIpc) is 2.98. The van der Waals surface area contributed by atoms with Gasteiger partial charge in [-0.1, -0.05) is 12.1 Å². The van der Waals surface area contributed by atoms with Crippen molar-refractivity contribution in [3.05, 3.63) is 45.5 Å². The maximum Gasteiger partial charge on any atom is 0.270 e. The number of nitro benzene ring substituents is 1. The summed E-state index contributed by atoms with van der Waals surface area (Å²) in [6.45, 7) is 2.52. The summed E-state index contributed by atoms with van der Waals surface area (Å²) in [4.78, 5) is 17.3. The summed E-state index contributed by atoms with van der Waals surface area (Å²) in [6, 6.07) is 6.56. The number of rotatable bonds is 4. The molecule has 0 bridgehead atoms. The molecule has 1 aliphatic rings. The van der Waals surface area contributed by atoms with Gasteiger partial charge in [0.2, 0.25) is 0 Å². The van der Waals surface area contributed by atoms with Gasteiger partial charge in [0.15, 0.2) is 0 Å². The second-order valence-corrected chi connectivity index (χ2v) is 6.32. The van der Waals surface area contributed by atoms with Crippen LogP contribution in [0.15, 0.2) is 29.6 Å². The first kappa shape index (κ1) is 15.1. The highest BCUT2D eigenvalue weighted by Crippen LogP contribution is 2.27. The number of nitro groups is 1. The molecule has 1 aromatic heterocycles. The second-order valence-electron chi connectivity index (χ2n) is 5.46. The Morgan fingerprint density at radius 2 is 2.18 bits per heavy atom. The fourth-order valence-corrected chi connectivity index (χ4v) is 3.38. The lowest BCUT2D eigenvalue weighted by Gasteiger charge is -2.28. The summed E-state index contributed by atoms with van der Waals surface area (Å²) in [6.07, 6.45) is 1.44. The molecule has 6 nitrogen and oxygen atoms in total. The van der Waals surface area contributed by atoms with Gasteiger partial charge in [0.05, 0.1) is 16.7 Å². The van der Waals surface area contributed by atoms with E-state index in [2.05, 4.69) is 9.88 Å². The van der Waals surface area contributed by atoms with Crippen LogP contribution in [0, 0.1) is 10.1 Å². The van der Waals surface area contributed by atoms with Gasteiger partial charge in [-0.05, 0) is 12.8 Å². The van der Waals surface area contributed by atoms with E-state index in [4.69, 9.17) is 0 Å². The van der Waals surface area contributed by atoms with E-state index >= 15 is 0 Å². The number of piperidine rings is 1. The molecule has 0 unspecified atom stereocenters. The van der Waals surface area contributed by atoms with E-state index in [1.54, 1.807) is 12.1 Å². The van der Waals surface area contributed by atoms with Crippen LogP contribution in [0.1, 0.15) is 18.5 Å². The molecule has 22 heavy (non-hydrogen) atoms. The summed E-state index contributed by atoms with van der Waals surface area (Å²) in [5.41, 5.74) is 1.83. The highest BCUT2D eigenvalue weighted by molar-refractivity contribution is 7.13. The van der Waals surface area contributed by atoms with Gasteiger partial charge >= 0.3 is 0 Å². The summed E-state index contributed by atoms with van der Waals surface area (Å²) < 4.78 is 0. The van der Waals surface area contributed by atoms with Crippen LogP contribution in [0.4, 0.5) is 5.69 Å². The van der Waals surface area contributed by atoms with Crippen molar-refractivity contribution >= 4 is 17.0 Å². The average molecular weight is 319 g/mol. The molecule has 1 aliphatic heterocycles. The number of hydrogen-bond donors (Lipinski definition) is 1. The van der Waals surface area contributed by atoms with Crippen molar-refractivity contribution in [2.75, 3.05) is 13.1 Å². The fraction of sp³-hybridized carbons (Fsp3) is 0.400. The van der Waals surface area contributed by atoms with Crippen LogP contribution >= 0.6 is 11.3 Å². The van der Waals surface area contributed by atoms with Crippen molar-refractivity contribution in [3.63, 3.8) is 0 Å². The van der Waals surface area contributed by atoms with E-state index in [0.29, 0.717) is 0 Å². The molecule has 0 aliphatic carbocycles. The fourth-order valence-electron chi connectivity index (χ4n) is 2.57. The number of aliphatic hydroxyl groups is 1. The molecule has 0 atom stereocenters. The number of benzene rings is 1. The Kier molecular flexibility index (Phi) is 4.47. The second kappa shape index (κ2) is 6.51. The zero-order chi connectivity index (χ0) is 15.5. The maximum absolute atomic E-state index is 10.8. The summed E-state index contributed by atoms with van der Waals surface area (Å²) in [5.74, 6) is 0. The van der Waals surface area contributed by atoms with E-state index in [1.165, 1.54) is 17.4 Å². The van der Waals surface area contributed by atoms with Crippen molar-refractivity contribution in [2.24, 2.45) is 0 Å². The van der Waals surface area contributed by atoms with E-state index < -0.39 is 4.92 Å². The van der Waals surface area contributed by atoms with Gasteiger partial charge in [-0.25, -0.2) is 4.98 Å². The van der Waals surface area contributed by atoms with E-state index in [1.807, 2.05) is 11.4 Å². The molecule has 1 fully saturated rings. The summed E-state index contributed by atoms with van der Waals surface area (Å²) in [7, 11) is 0. The van der Waals surface area contributed by atoms with Crippen molar-refractivity contribution in [1.82, 2.24) is 9.88 Å². The molecule has 1 aromatic carbocycles. The third kappa shape index (κ3) is 3.49. The largest absolute Gasteiger partial charge is 0.393 e. The predicted molar refractivity (Wildman–Crippen MR) is 84.7 cm³/mol. The molecule has 0 saturated carbocycles. The van der Waals surface area contributed by atoms with Gasteiger partial charge in [-0.3, -0.25) is 15.0 Å². The number of aromatic nitrogens is 1. The molecule has 0 radical (unpaired) electrons. The van der Waals surface area contributed by atoms with Crippen LogP contribution in [0.2, 0.25) is 0 Å². The molecular formula is C15H17N3O3S. The quantitative estimate of drug-likeness (QED) is 0.692. The predicted octanol–water partition coefficient (Wildman–Crippen LogP) is 2.68. The Morgan fingerprint density at radius 1 is 1.41 bits per heavy atom. The molecule has 1 N–H and O–H groups in total. The minimum Gasteiger partial charge on any atom is -0.393 e. The van der Waals surface area contributed by atoms with Crippen LogP contribution < -0.4 is 0 Å². The first-order chi connectivity index (χ1) is 10.6. The third-order valence-corrected chi connectivity index (χ3v) is 4.74. The van der Waals surface area contributed by atoms with Crippen LogP contribution in [-0.2, 0) is 6.54 Å². The minimum absolute atomic E-state index is 0.0827. The van der Waals surface area contributed by atoms with Crippen LogP contribution in [0.5, 0.6) is 0 Å². The van der Waals surface area contributed by atoms with E-state index in [9.17, 15) is 15.2 Å². The normalized spacial score (nSPS) is 16.8. The first-order valence-electron chi connectivity index (χ1n) is 7.21. The van der Waals surface area contributed by atoms with E-state index in [-0.39, 0.29) is 11.8 Å². The molecule has 2 aromatic rings. The van der Waals surface area contributed by atoms with Gasteiger partial charge in [0.25, 0.3) is 5.69 Å². The number of thiazole rings is 1. The molecular weight excluding hydrogens is 302 g/mol. The monoisotopic (exact) mass is 319 g/mol. The molecule has 0 spiro atoms. The van der Waals surface area contributed by atoms with Crippen LogP contribution in [0.25, 0.3) is 10.6 Å². The standard InChI is InChI=1S/C15H17N3O3S/c19-14-4-6-17(7-5-14)9-12-10-22-15(16-12)11-2-1-3-13(8-11)18(20)21/h1-3,8,10,14,19H,4-7,9H2. The molecule has 1 saturated heterocycles. The number of hydrogen-bond acceptors (Lipinski definition) is 6. The lowest BCUT2D eigenvalue weighted by Crippen LogP contribution is -2.35. The maximum atomic E-state index is 10.8. The van der Waals surface area contributed by atoms with Crippen molar-refractivity contribution in [3.8, 4) is 10.6 Å². The molecule has 7 heteroatoms. The Hall–Kier alpha value is -1.83. The molecule has 0 amide bonds. The van der Waals surface area contributed by atoms with Gasteiger partial charge in [0, 0.05) is 42.7 Å². The molecule has 116 valence electrons. The summed E-state index contributed by atoms with van der Waals surface area (Å²) in [5, 5.41) is 23.2. The number of likely N-dealkylation sites (tertiary alicyclic amines) is 1. The number of nitrogens with zero attached hydrogens (tertiary/aromatic N) is 3. The minimum atomic E-state index is -0.392. The zero-order valence-electron chi connectivity index (χ0n) is 12.0. The van der Waals surface area contributed by atoms with Gasteiger partial charge < -0.3 is 5.11 Å². The van der Waals surface area contributed by atoms with Crippen LogP contribution in [0.3, 0.4) is 0 Å². The topological polar surface area (TPSA) is 79.5 Å². The zero-order valence-corrected chi connectivity index (χ0v) is 12.8. The van der Waals surface area contributed by atoms with Gasteiger partial charge in [0.1, 0.15) is 5.01 Å². The Balaban J connectivity index is 1.71. The number of aliphatic hydroxyl groups excluding tert-OH is 1. The third-order valence-electron chi connectivity index (χ3n) is 3.80. The Labute approximate surface area is 132 Å². The van der Waals surface area contributed by atoms with Gasteiger partial charge in [-0.2, -0.15) is 0 Å². The van der Waals surface area contributed by atoms with Gasteiger partial charge in [-0.15, -0.1) is 11.3 Å². The van der Waals surface area contributed by atoms with E-state index in [0.717, 1.165) is 48.7 Å². The highest BCUT2D eigenvalue weighted by atomic mass is 32.1. The first-order valence-corrected chi connectivity index (χ1v) is 8.09. The Morgan fingerprint density at radius 3 is 2.91 bits per heavy atom. The number of non-ortho nitro benzene ring substituents is 1. The Bertz CT molecular complexity index is 666. The van der Waals surface area contributed by atoms with Crippen molar-refractivity contribution in [2.45, 2.75) is 25.5 Å². The van der Waals surface area contributed by atoms with Crippen LogP contribution in [-0.4, -0.2) is 39.1 Å². The van der Waals surface area contributed by atoms with Crippen molar-refractivity contribution in [1.29, 1.82) is 0 Å². The highest BCUT2D eigenvalue weighted by Gasteiger charge is 2.18. The van der Waals surface area contributed by atoms with Crippen molar-refractivity contribution < 1.29 is 10.0 Å². The SMILES string of the molecule is O=[N+]([O-])c1cccc(-c2nc(CN3CCC(O)CC3)cs2)c1. The lowest BCUT2D eigenvalue weighted by molar-refractivity contribution is -0.384.